The lowest BCUT2D eigenvalue weighted by molar-refractivity contribution is -0.0724. The van der Waals surface area contributed by atoms with E-state index in [1.165, 1.54) is 7.11 Å². The van der Waals surface area contributed by atoms with Gasteiger partial charge in [-0.2, -0.15) is 0 Å². The molecule has 0 aromatic heterocycles. The van der Waals surface area contributed by atoms with Crippen molar-refractivity contribution < 1.29 is 28.5 Å². The molecule has 0 aromatic carbocycles. The van der Waals surface area contributed by atoms with Gasteiger partial charge in [0, 0.05) is 0 Å². The zero-order valence-corrected chi connectivity index (χ0v) is 11.0. The minimum atomic E-state index is -0.757. The summed E-state index contributed by atoms with van der Waals surface area (Å²) in [4.78, 5) is 22.5. The van der Waals surface area contributed by atoms with Crippen LogP contribution in [0.15, 0.2) is 0 Å². The van der Waals surface area contributed by atoms with Gasteiger partial charge in [0.1, 0.15) is 12.2 Å². The van der Waals surface area contributed by atoms with Crippen molar-refractivity contribution in [3.63, 3.8) is 0 Å². The van der Waals surface area contributed by atoms with Crippen LogP contribution in [0, 0.1) is 0 Å². The van der Waals surface area contributed by atoms with Crippen molar-refractivity contribution in [1.82, 2.24) is 0 Å². The van der Waals surface area contributed by atoms with E-state index in [0.717, 1.165) is 12.8 Å². The summed E-state index contributed by atoms with van der Waals surface area (Å²) in [7, 11) is 1.24. The fourth-order valence-corrected chi connectivity index (χ4v) is 1.85. The highest BCUT2D eigenvalue weighted by atomic mass is 16.8. The number of carbonyl (C=O) groups excluding carboxylic acids is 2. The first kappa shape index (κ1) is 14.6. The lowest BCUT2D eigenvalue weighted by atomic mass is 9.95. The molecular weight excluding hydrogens is 240 g/mol. The molecule has 0 bridgehead atoms. The summed E-state index contributed by atoms with van der Waals surface area (Å²) in [6.07, 6.45) is 0.560. The Morgan fingerprint density at radius 2 is 1.50 bits per heavy atom. The van der Waals surface area contributed by atoms with Crippen LogP contribution in [0.5, 0.6) is 0 Å². The van der Waals surface area contributed by atoms with Gasteiger partial charge >= 0.3 is 12.3 Å². The predicted octanol–water partition coefficient (Wildman–Crippen LogP) is 2.64. The van der Waals surface area contributed by atoms with Gasteiger partial charge in [0.25, 0.3) is 0 Å². The fourth-order valence-electron chi connectivity index (χ4n) is 1.85. The monoisotopic (exact) mass is 260 g/mol. The summed E-state index contributed by atoms with van der Waals surface area (Å²) >= 11 is 0. The Kier molecular flexibility index (Phi) is 5.74. The number of carbonyl (C=O) groups is 2. The molecule has 0 aliphatic heterocycles. The lowest BCUT2D eigenvalue weighted by Gasteiger charge is -2.29. The quantitative estimate of drug-likeness (QED) is 0.726. The van der Waals surface area contributed by atoms with Gasteiger partial charge in [-0.15, -0.1) is 0 Å². The SMILES string of the molecule is COC(=O)OC1CCCCC1OC(=O)OC(C)C. The molecule has 1 rings (SSSR count). The van der Waals surface area contributed by atoms with Gasteiger partial charge in [-0.1, -0.05) is 0 Å². The third-order valence-corrected chi connectivity index (χ3v) is 2.64. The molecule has 1 aliphatic rings. The van der Waals surface area contributed by atoms with E-state index < -0.39 is 24.5 Å². The second-order valence-corrected chi connectivity index (χ2v) is 4.47. The average Bonchev–Trinajstić information content (AvgIpc) is 2.30. The topological polar surface area (TPSA) is 71.1 Å². The van der Waals surface area contributed by atoms with Crippen molar-refractivity contribution >= 4 is 12.3 Å². The van der Waals surface area contributed by atoms with Gasteiger partial charge < -0.3 is 18.9 Å². The van der Waals surface area contributed by atoms with Crippen LogP contribution in [0.4, 0.5) is 9.59 Å². The predicted molar refractivity (Wildman–Crippen MR) is 62.2 cm³/mol. The maximum atomic E-state index is 11.4. The van der Waals surface area contributed by atoms with E-state index in [9.17, 15) is 9.59 Å². The van der Waals surface area contributed by atoms with Crippen molar-refractivity contribution in [2.45, 2.75) is 57.8 Å². The van der Waals surface area contributed by atoms with E-state index in [1.54, 1.807) is 13.8 Å². The summed E-state index contributed by atoms with van der Waals surface area (Å²) in [6.45, 7) is 3.48. The van der Waals surface area contributed by atoms with Crippen LogP contribution >= 0.6 is 0 Å². The Hall–Kier alpha value is -1.46. The van der Waals surface area contributed by atoms with Gasteiger partial charge in [-0.25, -0.2) is 9.59 Å². The van der Waals surface area contributed by atoms with E-state index in [2.05, 4.69) is 4.74 Å². The Balaban J connectivity index is 2.48. The molecule has 0 N–H and O–H groups in total. The highest BCUT2D eigenvalue weighted by molar-refractivity contribution is 5.61. The van der Waals surface area contributed by atoms with Gasteiger partial charge in [-0.3, -0.25) is 0 Å². The maximum absolute atomic E-state index is 11.4. The van der Waals surface area contributed by atoms with Crippen molar-refractivity contribution in [2.75, 3.05) is 7.11 Å². The average molecular weight is 260 g/mol. The highest BCUT2D eigenvalue weighted by Gasteiger charge is 2.32. The normalized spacial score (nSPS) is 23.3. The standard InChI is InChI=1S/C12H20O6/c1-8(2)16-12(14)18-10-7-5-4-6-9(10)17-11(13)15-3/h8-10H,4-7H2,1-3H3. The minimum absolute atomic E-state index is 0.235. The van der Waals surface area contributed by atoms with E-state index >= 15 is 0 Å². The van der Waals surface area contributed by atoms with Gasteiger partial charge in [0.15, 0.2) is 0 Å². The molecule has 1 saturated carbocycles. The number of ether oxygens (including phenoxy) is 4. The van der Waals surface area contributed by atoms with Crippen LogP contribution in [0.2, 0.25) is 0 Å². The van der Waals surface area contributed by atoms with E-state index in [1.807, 2.05) is 0 Å². The molecule has 104 valence electrons. The maximum Gasteiger partial charge on any atom is 0.508 e. The first-order chi connectivity index (χ1) is 8.52. The lowest BCUT2D eigenvalue weighted by Crippen LogP contribution is -2.38. The molecular formula is C12H20O6. The van der Waals surface area contributed by atoms with Crippen molar-refractivity contribution in [3.05, 3.63) is 0 Å². The molecule has 0 saturated heterocycles. The van der Waals surface area contributed by atoms with Gasteiger partial charge in [0.2, 0.25) is 0 Å². The fraction of sp³-hybridized carbons (Fsp3) is 0.833. The van der Waals surface area contributed by atoms with E-state index in [0.29, 0.717) is 12.8 Å². The summed E-state index contributed by atoms with van der Waals surface area (Å²) in [6, 6.07) is 0. The van der Waals surface area contributed by atoms with Crippen LogP contribution in [-0.4, -0.2) is 37.7 Å². The molecule has 6 nitrogen and oxygen atoms in total. The molecule has 0 aromatic rings. The molecule has 2 atom stereocenters. The number of hydrogen-bond donors (Lipinski definition) is 0. The molecule has 0 amide bonds. The Labute approximate surface area is 107 Å². The Bertz CT molecular complexity index is 288. The molecule has 1 aliphatic carbocycles. The molecule has 0 heterocycles. The minimum Gasteiger partial charge on any atom is -0.438 e. The number of methoxy groups -OCH3 is 1. The smallest absolute Gasteiger partial charge is 0.438 e. The summed E-state index contributed by atoms with van der Waals surface area (Å²) in [5.74, 6) is 0. The largest absolute Gasteiger partial charge is 0.508 e. The highest BCUT2D eigenvalue weighted by Crippen LogP contribution is 2.24. The molecule has 2 unspecified atom stereocenters. The zero-order chi connectivity index (χ0) is 13.5. The summed E-state index contributed by atoms with van der Waals surface area (Å²) in [5, 5.41) is 0. The number of rotatable bonds is 3. The molecule has 1 fully saturated rings. The molecule has 6 heteroatoms. The van der Waals surface area contributed by atoms with Gasteiger partial charge in [-0.05, 0) is 39.5 Å². The van der Waals surface area contributed by atoms with Crippen molar-refractivity contribution in [1.29, 1.82) is 0 Å². The summed E-state index contributed by atoms with van der Waals surface area (Å²) < 4.78 is 19.6. The second kappa shape index (κ2) is 7.08. The van der Waals surface area contributed by atoms with Crippen LogP contribution in [0.3, 0.4) is 0 Å². The third-order valence-electron chi connectivity index (χ3n) is 2.64. The van der Waals surface area contributed by atoms with Crippen LogP contribution in [0.25, 0.3) is 0 Å². The second-order valence-electron chi connectivity index (χ2n) is 4.47. The Morgan fingerprint density at radius 1 is 1.00 bits per heavy atom. The number of hydrogen-bond acceptors (Lipinski definition) is 6. The van der Waals surface area contributed by atoms with Crippen molar-refractivity contribution in [3.8, 4) is 0 Å². The summed E-state index contributed by atoms with van der Waals surface area (Å²) in [5.41, 5.74) is 0. The first-order valence-electron chi connectivity index (χ1n) is 6.14. The van der Waals surface area contributed by atoms with Crippen LogP contribution in [0.1, 0.15) is 39.5 Å². The van der Waals surface area contributed by atoms with Crippen LogP contribution < -0.4 is 0 Å². The molecule has 0 spiro atoms. The van der Waals surface area contributed by atoms with Crippen LogP contribution in [-0.2, 0) is 18.9 Å². The third kappa shape index (κ3) is 4.81. The zero-order valence-electron chi connectivity index (χ0n) is 11.0. The first-order valence-corrected chi connectivity index (χ1v) is 6.14. The van der Waals surface area contributed by atoms with E-state index in [-0.39, 0.29) is 6.10 Å². The van der Waals surface area contributed by atoms with Gasteiger partial charge in [0.05, 0.1) is 13.2 Å². The van der Waals surface area contributed by atoms with E-state index in [4.69, 9.17) is 14.2 Å². The molecule has 18 heavy (non-hydrogen) atoms. The Morgan fingerprint density at radius 3 is 1.94 bits per heavy atom. The molecule has 0 radical (unpaired) electrons. The van der Waals surface area contributed by atoms with Crippen molar-refractivity contribution in [2.24, 2.45) is 0 Å².